The molecule has 0 bridgehead atoms. The van der Waals surface area contributed by atoms with Crippen LogP contribution in [0.2, 0.25) is 10.0 Å². The van der Waals surface area contributed by atoms with Gasteiger partial charge < -0.3 is 10.1 Å². The first-order valence-corrected chi connectivity index (χ1v) is 11.0. The molecule has 0 atom stereocenters. The second-order valence-electron chi connectivity index (χ2n) is 6.20. The van der Waals surface area contributed by atoms with E-state index < -0.39 is 22.5 Å². The van der Waals surface area contributed by atoms with E-state index in [2.05, 4.69) is 5.32 Å². The number of nitrogens with zero attached hydrogens (tertiary/aromatic N) is 1. The lowest BCUT2D eigenvalue weighted by atomic mass is 10.3. The van der Waals surface area contributed by atoms with Gasteiger partial charge in [0.25, 0.3) is 10.0 Å². The third kappa shape index (κ3) is 5.05. The largest absolute Gasteiger partial charge is 0.497 e. The highest BCUT2D eigenvalue weighted by Gasteiger charge is 2.29. The van der Waals surface area contributed by atoms with Gasteiger partial charge in [-0.2, -0.15) is 0 Å². The van der Waals surface area contributed by atoms with Gasteiger partial charge in [-0.25, -0.2) is 8.42 Å². The molecule has 30 heavy (non-hydrogen) atoms. The van der Waals surface area contributed by atoms with Gasteiger partial charge in [-0.3, -0.25) is 9.10 Å². The molecule has 6 nitrogen and oxygen atoms in total. The number of amides is 1. The van der Waals surface area contributed by atoms with Gasteiger partial charge in [0.15, 0.2) is 0 Å². The van der Waals surface area contributed by atoms with Crippen molar-refractivity contribution in [2.45, 2.75) is 4.90 Å². The lowest BCUT2D eigenvalue weighted by molar-refractivity contribution is -0.114. The molecule has 0 saturated heterocycles. The molecular weight excluding hydrogens is 447 g/mol. The summed E-state index contributed by atoms with van der Waals surface area (Å²) in [6.45, 7) is -0.505. The minimum absolute atomic E-state index is 0.0234. The summed E-state index contributed by atoms with van der Waals surface area (Å²) in [7, 11) is -2.58. The Morgan fingerprint density at radius 1 is 1.00 bits per heavy atom. The monoisotopic (exact) mass is 464 g/mol. The third-order valence-electron chi connectivity index (χ3n) is 4.15. The van der Waals surface area contributed by atoms with Gasteiger partial charge in [0.1, 0.15) is 12.3 Å². The van der Waals surface area contributed by atoms with Crippen molar-refractivity contribution in [1.29, 1.82) is 0 Å². The van der Waals surface area contributed by atoms with Gasteiger partial charge in [-0.1, -0.05) is 47.5 Å². The van der Waals surface area contributed by atoms with E-state index in [4.69, 9.17) is 27.9 Å². The van der Waals surface area contributed by atoms with E-state index in [9.17, 15) is 13.2 Å². The molecule has 1 amide bonds. The van der Waals surface area contributed by atoms with Crippen LogP contribution in [-0.4, -0.2) is 28.0 Å². The first kappa shape index (κ1) is 22.0. The Bertz CT molecular complexity index is 1150. The Morgan fingerprint density at radius 3 is 2.43 bits per heavy atom. The minimum Gasteiger partial charge on any atom is -0.497 e. The van der Waals surface area contributed by atoms with Gasteiger partial charge in [0, 0.05) is 16.8 Å². The van der Waals surface area contributed by atoms with Crippen LogP contribution in [0.5, 0.6) is 5.75 Å². The van der Waals surface area contributed by atoms with Crippen LogP contribution in [0.3, 0.4) is 0 Å². The van der Waals surface area contributed by atoms with Crippen molar-refractivity contribution in [3.05, 3.63) is 82.8 Å². The molecule has 0 spiro atoms. The number of rotatable bonds is 7. The summed E-state index contributed by atoms with van der Waals surface area (Å²) in [4.78, 5) is 12.8. The zero-order valence-electron chi connectivity index (χ0n) is 15.9. The van der Waals surface area contributed by atoms with Crippen LogP contribution >= 0.6 is 23.2 Å². The zero-order valence-corrected chi connectivity index (χ0v) is 18.2. The number of anilines is 2. The Kier molecular flexibility index (Phi) is 6.87. The Balaban J connectivity index is 1.97. The van der Waals surface area contributed by atoms with Crippen molar-refractivity contribution in [3.63, 3.8) is 0 Å². The fraction of sp³-hybridized carbons (Fsp3) is 0.0952. The maximum absolute atomic E-state index is 13.3. The van der Waals surface area contributed by atoms with Gasteiger partial charge in [0.05, 0.1) is 22.7 Å². The fourth-order valence-electron chi connectivity index (χ4n) is 2.73. The molecule has 0 aliphatic heterocycles. The average molecular weight is 465 g/mol. The fourth-order valence-corrected chi connectivity index (χ4v) is 4.62. The second kappa shape index (κ2) is 9.38. The predicted molar refractivity (Wildman–Crippen MR) is 119 cm³/mol. The van der Waals surface area contributed by atoms with Crippen LogP contribution < -0.4 is 14.4 Å². The molecule has 0 heterocycles. The molecule has 0 aliphatic carbocycles. The molecule has 156 valence electrons. The first-order valence-electron chi connectivity index (χ1n) is 8.78. The quantitative estimate of drug-likeness (QED) is 0.542. The Hall–Kier alpha value is -2.74. The van der Waals surface area contributed by atoms with Crippen LogP contribution in [0, 0.1) is 0 Å². The molecule has 0 aliphatic rings. The standard InChI is InChI=1S/C21H18Cl2N2O4S/c1-29-17-7-5-6-16(13-17)24-21(26)14-25(20-12-15(22)10-11-19(20)23)30(27,28)18-8-3-2-4-9-18/h2-13H,14H2,1H3,(H,24,26). The summed E-state index contributed by atoms with van der Waals surface area (Å²) in [5, 5.41) is 3.11. The summed E-state index contributed by atoms with van der Waals surface area (Å²) in [6.07, 6.45) is 0. The molecular formula is C21H18Cl2N2O4S. The molecule has 0 unspecified atom stereocenters. The molecule has 3 aromatic rings. The summed E-state index contributed by atoms with van der Waals surface area (Å²) in [5.74, 6) is -0.00162. The molecule has 3 rings (SSSR count). The zero-order chi connectivity index (χ0) is 21.7. The average Bonchev–Trinajstić information content (AvgIpc) is 2.74. The number of halogens is 2. The smallest absolute Gasteiger partial charge is 0.264 e. The predicted octanol–water partition coefficient (Wildman–Crippen LogP) is 4.84. The summed E-state index contributed by atoms with van der Waals surface area (Å²) in [5.41, 5.74) is 0.572. The molecule has 9 heteroatoms. The van der Waals surface area contributed by atoms with Crippen molar-refractivity contribution in [3.8, 4) is 5.75 Å². The van der Waals surface area contributed by atoms with E-state index in [1.54, 1.807) is 42.5 Å². The lowest BCUT2D eigenvalue weighted by Crippen LogP contribution is -2.38. The highest BCUT2D eigenvalue weighted by molar-refractivity contribution is 7.92. The lowest BCUT2D eigenvalue weighted by Gasteiger charge is -2.25. The molecule has 0 saturated carbocycles. The number of benzene rings is 3. The molecule has 1 N–H and O–H groups in total. The Morgan fingerprint density at radius 2 is 1.73 bits per heavy atom. The number of hydrogen-bond acceptors (Lipinski definition) is 4. The van der Waals surface area contributed by atoms with Crippen molar-refractivity contribution in [1.82, 2.24) is 0 Å². The normalized spacial score (nSPS) is 11.0. The molecule has 3 aromatic carbocycles. The number of sulfonamides is 1. The number of nitrogens with one attached hydrogen (secondary N) is 1. The summed E-state index contributed by atoms with van der Waals surface area (Å²) >= 11 is 12.3. The van der Waals surface area contributed by atoms with Crippen molar-refractivity contribution >= 4 is 50.5 Å². The number of ether oxygens (including phenoxy) is 1. The minimum atomic E-state index is -4.09. The van der Waals surface area contributed by atoms with Gasteiger partial charge in [0.2, 0.25) is 5.91 Å². The molecule has 0 radical (unpaired) electrons. The van der Waals surface area contributed by atoms with Gasteiger partial charge in [-0.05, 0) is 42.5 Å². The number of carbonyl (C=O) groups is 1. The maximum Gasteiger partial charge on any atom is 0.264 e. The highest BCUT2D eigenvalue weighted by Crippen LogP contribution is 2.33. The van der Waals surface area contributed by atoms with Crippen molar-refractivity contribution in [2.75, 3.05) is 23.3 Å². The topological polar surface area (TPSA) is 75.7 Å². The van der Waals surface area contributed by atoms with Gasteiger partial charge in [-0.15, -0.1) is 0 Å². The third-order valence-corrected chi connectivity index (χ3v) is 6.48. The van der Waals surface area contributed by atoms with Crippen molar-refractivity contribution < 1.29 is 17.9 Å². The van der Waals surface area contributed by atoms with Gasteiger partial charge >= 0.3 is 0 Å². The maximum atomic E-state index is 13.3. The van der Waals surface area contributed by atoms with Crippen LogP contribution in [0.4, 0.5) is 11.4 Å². The van der Waals surface area contributed by atoms with Crippen LogP contribution in [0.1, 0.15) is 0 Å². The number of carbonyl (C=O) groups excluding carboxylic acids is 1. The SMILES string of the molecule is COc1cccc(NC(=O)CN(c2cc(Cl)ccc2Cl)S(=O)(=O)c2ccccc2)c1. The second-order valence-corrected chi connectivity index (χ2v) is 8.91. The number of hydrogen-bond donors (Lipinski definition) is 1. The molecule has 0 aromatic heterocycles. The van der Waals surface area contributed by atoms with Crippen LogP contribution in [0.25, 0.3) is 0 Å². The van der Waals surface area contributed by atoms with E-state index in [0.29, 0.717) is 11.4 Å². The first-order chi connectivity index (χ1) is 14.3. The van der Waals surface area contributed by atoms with Crippen LogP contribution in [0.15, 0.2) is 77.7 Å². The number of methoxy groups -OCH3 is 1. The molecule has 0 fully saturated rings. The Labute approximate surface area is 185 Å². The highest BCUT2D eigenvalue weighted by atomic mass is 35.5. The van der Waals surface area contributed by atoms with Crippen LogP contribution in [-0.2, 0) is 14.8 Å². The van der Waals surface area contributed by atoms with E-state index >= 15 is 0 Å². The summed E-state index contributed by atoms with van der Waals surface area (Å²) < 4.78 is 32.7. The van der Waals surface area contributed by atoms with E-state index in [1.807, 2.05) is 0 Å². The van der Waals surface area contributed by atoms with E-state index in [0.717, 1.165) is 4.31 Å². The van der Waals surface area contributed by atoms with Crippen molar-refractivity contribution in [2.24, 2.45) is 0 Å². The summed E-state index contributed by atoms with van der Waals surface area (Å²) in [6, 6.07) is 18.9. The van der Waals surface area contributed by atoms with E-state index in [-0.39, 0.29) is 20.6 Å². The van der Waals surface area contributed by atoms with E-state index in [1.165, 1.54) is 37.4 Å².